The molecule has 0 aliphatic heterocycles. The van der Waals surface area contributed by atoms with Crippen molar-refractivity contribution in [1.29, 1.82) is 0 Å². The molecule has 0 saturated carbocycles. The Labute approximate surface area is 190 Å². The lowest BCUT2D eigenvalue weighted by molar-refractivity contribution is 0.399. The van der Waals surface area contributed by atoms with Crippen molar-refractivity contribution in [3.63, 3.8) is 0 Å². The first-order chi connectivity index (χ1) is 15.4. The average molecular weight is 446 g/mol. The molecular formula is C26H27N3O2S. The minimum absolute atomic E-state index is 0.194. The lowest BCUT2D eigenvalue weighted by Crippen LogP contribution is -2.38. The van der Waals surface area contributed by atoms with Gasteiger partial charge in [-0.2, -0.15) is 0 Å². The molecule has 0 spiro atoms. The summed E-state index contributed by atoms with van der Waals surface area (Å²) in [6.07, 6.45) is 1.41. The highest BCUT2D eigenvalue weighted by Crippen LogP contribution is 2.21. The lowest BCUT2D eigenvalue weighted by atomic mass is 10.1. The van der Waals surface area contributed by atoms with Crippen molar-refractivity contribution in [2.45, 2.75) is 18.0 Å². The van der Waals surface area contributed by atoms with Gasteiger partial charge in [0.15, 0.2) is 5.84 Å². The van der Waals surface area contributed by atoms with E-state index < -0.39 is 10.0 Å². The number of rotatable bonds is 9. The highest BCUT2D eigenvalue weighted by molar-refractivity contribution is 7.89. The quantitative estimate of drug-likeness (QED) is 0.341. The maximum absolute atomic E-state index is 13.2. The van der Waals surface area contributed by atoms with E-state index in [2.05, 4.69) is 18.2 Å². The van der Waals surface area contributed by atoms with Gasteiger partial charge in [0, 0.05) is 26.3 Å². The van der Waals surface area contributed by atoms with Gasteiger partial charge in [0.1, 0.15) is 0 Å². The van der Waals surface area contributed by atoms with Gasteiger partial charge >= 0.3 is 0 Å². The Bertz CT molecular complexity index is 1130. The number of likely N-dealkylation sites (N-methyl/N-ethyl adjacent to an activating group) is 1. The van der Waals surface area contributed by atoms with Crippen molar-refractivity contribution in [3.8, 4) is 0 Å². The van der Waals surface area contributed by atoms with E-state index in [0.717, 1.165) is 11.1 Å². The molecule has 5 nitrogen and oxygen atoms in total. The van der Waals surface area contributed by atoms with Gasteiger partial charge in [-0.15, -0.1) is 0 Å². The van der Waals surface area contributed by atoms with E-state index >= 15 is 0 Å². The Morgan fingerprint density at radius 2 is 1.28 bits per heavy atom. The first-order valence-electron chi connectivity index (χ1n) is 10.2. The zero-order chi connectivity index (χ0) is 23.0. The molecule has 0 heterocycles. The molecule has 0 amide bonds. The highest BCUT2D eigenvalue weighted by atomic mass is 32.2. The summed E-state index contributed by atoms with van der Waals surface area (Å²) < 4.78 is 27.5. The van der Waals surface area contributed by atoms with Gasteiger partial charge in [-0.05, 0) is 23.3 Å². The van der Waals surface area contributed by atoms with Gasteiger partial charge in [0.2, 0.25) is 0 Å². The predicted octanol–water partition coefficient (Wildman–Crippen LogP) is 5.07. The molecule has 0 aliphatic rings. The van der Waals surface area contributed by atoms with Crippen molar-refractivity contribution in [3.05, 3.63) is 127 Å². The molecule has 164 valence electrons. The van der Waals surface area contributed by atoms with Crippen LogP contribution in [0.3, 0.4) is 0 Å². The summed E-state index contributed by atoms with van der Waals surface area (Å²) in [5.41, 5.74) is 2.41. The van der Waals surface area contributed by atoms with Gasteiger partial charge in [-0.25, -0.2) is 13.4 Å². The first kappa shape index (κ1) is 23.0. The highest BCUT2D eigenvalue weighted by Gasteiger charge is 2.27. The zero-order valence-electron chi connectivity index (χ0n) is 18.1. The SMILES string of the molecule is C=C/N=C(\C(=C)N(C)S(=O)(=O)c1ccccc1)N(Cc1ccccc1)Cc1ccccc1. The van der Waals surface area contributed by atoms with Crippen LogP contribution in [0.4, 0.5) is 0 Å². The van der Waals surface area contributed by atoms with E-state index in [4.69, 9.17) is 0 Å². The maximum Gasteiger partial charge on any atom is 0.264 e. The van der Waals surface area contributed by atoms with Gasteiger partial charge < -0.3 is 4.90 Å². The number of benzene rings is 3. The number of amidine groups is 1. The van der Waals surface area contributed by atoms with Crippen LogP contribution in [0.15, 0.2) is 126 Å². The number of nitrogens with zero attached hydrogens (tertiary/aromatic N) is 3. The Morgan fingerprint density at radius 1 is 0.844 bits per heavy atom. The third-order valence-corrected chi connectivity index (χ3v) is 6.79. The molecule has 3 aromatic carbocycles. The van der Waals surface area contributed by atoms with E-state index in [1.165, 1.54) is 17.6 Å². The first-order valence-corrected chi connectivity index (χ1v) is 11.6. The fourth-order valence-corrected chi connectivity index (χ4v) is 4.46. The summed E-state index contributed by atoms with van der Waals surface area (Å²) >= 11 is 0. The normalized spacial score (nSPS) is 11.6. The summed E-state index contributed by atoms with van der Waals surface area (Å²) in [5.74, 6) is 0.440. The number of sulfonamides is 1. The molecule has 32 heavy (non-hydrogen) atoms. The molecule has 0 bridgehead atoms. The molecule has 0 unspecified atom stereocenters. The molecule has 0 radical (unpaired) electrons. The van der Waals surface area contributed by atoms with Crippen molar-refractivity contribution in [2.75, 3.05) is 7.05 Å². The summed E-state index contributed by atoms with van der Waals surface area (Å²) in [4.78, 5) is 6.65. The van der Waals surface area contributed by atoms with Crippen LogP contribution in [0.25, 0.3) is 0 Å². The Kier molecular flexibility index (Phi) is 7.63. The molecule has 3 rings (SSSR count). The van der Waals surface area contributed by atoms with Crippen LogP contribution in [0, 0.1) is 0 Å². The monoisotopic (exact) mass is 445 g/mol. The minimum atomic E-state index is -3.79. The zero-order valence-corrected chi connectivity index (χ0v) is 18.9. The van der Waals surface area contributed by atoms with Gasteiger partial charge in [-0.1, -0.05) is 92.0 Å². The van der Waals surface area contributed by atoms with Crippen LogP contribution < -0.4 is 0 Å². The van der Waals surface area contributed by atoms with Crippen molar-refractivity contribution in [1.82, 2.24) is 9.21 Å². The van der Waals surface area contributed by atoms with Crippen LogP contribution in [0.2, 0.25) is 0 Å². The maximum atomic E-state index is 13.2. The van der Waals surface area contributed by atoms with E-state index in [9.17, 15) is 8.42 Å². The van der Waals surface area contributed by atoms with E-state index in [1.54, 1.807) is 30.3 Å². The van der Waals surface area contributed by atoms with Crippen LogP contribution in [-0.2, 0) is 23.1 Å². The average Bonchev–Trinajstić information content (AvgIpc) is 2.83. The van der Waals surface area contributed by atoms with E-state index in [1.807, 2.05) is 65.6 Å². The summed E-state index contributed by atoms with van der Waals surface area (Å²) in [6, 6.07) is 28.2. The Hall–Kier alpha value is -3.64. The summed E-state index contributed by atoms with van der Waals surface area (Å²) in [7, 11) is -2.30. The van der Waals surface area contributed by atoms with E-state index in [0.29, 0.717) is 18.9 Å². The predicted molar refractivity (Wildman–Crippen MR) is 130 cm³/mol. The van der Waals surface area contributed by atoms with Crippen molar-refractivity contribution < 1.29 is 8.42 Å². The summed E-state index contributed by atoms with van der Waals surface area (Å²) in [6.45, 7) is 8.89. The van der Waals surface area contributed by atoms with Crippen molar-refractivity contribution >= 4 is 15.9 Å². The van der Waals surface area contributed by atoms with Crippen molar-refractivity contribution in [2.24, 2.45) is 4.99 Å². The third kappa shape index (κ3) is 5.53. The number of hydrogen-bond donors (Lipinski definition) is 0. The number of hydrogen-bond acceptors (Lipinski definition) is 3. The molecule has 0 atom stereocenters. The molecule has 0 N–H and O–H groups in total. The second kappa shape index (κ2) is 10.6. The van der Waals surface area contributed by atoms with Crippen LogP contribution in [-0.4, -0.2) is 30.5 Å². The van der Waals surface area contributed by atoms with Gasteiger partial charge in [0.05, 0.1) is 10.6 Å². The van der Waals surface area contributed by atoms with Crippen LogP contribution in [0.1, 0.15) is 11.1 Å². The summed E-state index contributed by atoms with van der Waals surface area (Å²) in [5, 5.41) is 0. The minimum Gasteiger partial charge on any atom is -0.346 e. The molecule has 6 heteroatoms. The second-order valence-corrected chi connectivity index (χ2v) is 9.16. The fraction of sp³-hybridized carbons (Fsp3) is 0.115. The van der Waals surface area contributed by atoms with Gasteiger partial charge in [0.25, 0.3) is 10.0 Å². The molecule has 0 saturated heterocycles. The van der Waals surface area contributed by atoms with Crippen LogP contribution in [0.5, 0.6) is 0 Å². The third-order valence-electron chi connectivity index (χ3n) is 4.99. The van der Waals surface area contributed by atoms with Crippen LogP contribution >= 0.6 is 0 Å². The van der Waals surface area contributed by atoms with E-state index in [-0.39, 0.29) is 10.6 Å². The van der Waals surface area contributed by atoms with Gasteiger partial charge in [-0.3, -0.25) is 4.31 Å². The fourth-order valence-electron chi connectivity index (χ4n) is 3.27. The molecule has 0 aromatic heterocycles. The second-order valence-electron chi connectivity index (χ2n) is 7.19. The standard InChI is InChI=1S/C26H27N3O2S/c1-4-27-26(22(2)28(3)32(30,31)25-18-12-7-13-19-25)29(20-23-14-8-5-9-15-23)21-24-16-10-6-11-17-24/h4-19H,1-2,20-21H2,3H3/b27-26+. The Morgan fingerprint density at radius 3 is 1.72 bits per heavy atom. The topological polar surface area (TPSA) is 53.0 Å². The lowest BCUT2D eigenvalue weighted by Gasteiger charge is -2.31. The Balaban J connectivity index is 1.97. The largest absolute Gasteiger partial charge is 0.346 e. The molecular weight excluding hydrogens is 418 g/mol. The smallest absolute Gasteiger partial charge is 0.264 e. The molecule has 0 aliphatic carbocycles. The number of aliphatic imine (C=N–C) groups is 1. The molecule has 3 aromatic rings. The molecule has 0 fully saturated rings.